The van der Waals surface area contributed by atoms with Gasteiger partial charge in [0.1, 0.15) is 0 Å². The number of ketones is 1. The highest BCUT2D eigenvalue weighted by molar-refractivity contribution is 5.85. The number of aliphatic hydroxyl groups excluding tert-OH is 1. The Labute approximate surface area is 170 Å². The molecule has 0 aromatic heterocycles. The van der Waals surface area contributed by atoms with Gasteiger partial charge in [-0.3, -0.25) is 4.79 Å². The predicted octanol–water partition coefficient (Wildman–Crippen LogP) is -0.902. The molecule has 0 aliphatic carbocycles. The molecule has 170 valence electrons. The molecule has 0 heterocycles. The van der Waals surface area contributed by atoms with Gasteiger partial charge in [0.2, 0.25) is 0 Å². The van der Waals surface area contributed by atoms with Gasteiger partial charge in [0, 0.05) is 6.42 Å². The summed E-state index contributed by atoms with van der Waals surface area (Å²) in [7, 11) is 0. The van der Waals surface area contributed by atoms with Crippen molar-refractivity contribution in [2.75, 3.05) is 6.61 Å². The van der Waals surface area contributed by atoms with Crippen molar-refractivity contribution >= 4 is 5.78 Å². The molecule has 0 aliphatic heterocycles. The zero-order valence-electron chi connectivity index (χ0n) is 15.2. The molecule has 0 aliphatic rings. The molecule has 0 spiro atoms. The van der Waals surface area contributed by atoms with Crippen LogP contribution in [-0.4, -0.2) is 62.3 Å². The monoisotopic (exact) mass is 450 g/mol. The Hall–Kier alpha value is -4.35. The number of Topliss-reactive ketones (excluding diaryl/α,β-unsaturated/α-hetero) is 1. The first-order valence-corrected chi connectivity index (χ1v) is 7.97. The van der Waals surface area contributed by atoms with Crippen molar-refractivity contribution in [1.29, 1.82) is 0 Å². The molecule has 0 saturated carbocycles. The van der Waals surface area contributed by atoms with E-state index in [0.717, 1.165) is 0 Å². The Bertz CT molecular complexity index is 805. The number of hydrogen-bond donors (Lipinski definition) is 1. The second kappa shape index (κ2) is 11.6. The highest BCUT2D eigenvalue weighted by atomic mass is 17.0. The van der Waals surface area contributed by atoms with E-state index in [-0.39, 0.29) is 5.56 Å². The number of aliphatic hydroxyl groups is 1. The summed E-state index contributed by atoms with van der Waals surface area (Å²) in [5.74, 6) is -1.23. The second-order valence-electron chi connectivity index (χ2n) is 5.52. The van der Waals surface area contributed by atoms with Gasteiger partial charge >= 0.3 is 0 Å². The van der Waals surface area contributed by atoms with Crippen LogP contribution in [0.5, 0.6) is 0 Å². The highest BCUT2D eigenvalue weighted by Crippen LogP contribution is 2.21. The standard InChI is InChI=1S/C13H14N4O14/c18-7-10(28-14(20)21)12(30-16(24)25)13(31-17(26)27)11(29-15(22)23)9(19)6-8-4-2-1-3-5-8/h1-5,10-13,18H,6-7H2/t10-,11-,12+,13+/m0/s1. The first kappa shape index (κ1) is 24.7. The molecule has 0 saturated heterocycles. The Morgan fingerprint density at radius 1 is 0.806 bits per heavy atom. The van der Waals surface area contributed by atoms with Gasteiger partial charge in [-0.2, -0.15) is 0 Å². The van der Waals surface area contributed by atoms with E-state index in [1.807, 2.05) is 0 Å². The molecule has 0 amide bonds. The fraction of sp³-hybridized carbons (Fsp3) is 0.462. The van der Waals surface area contributed by atoms with Gasteiger partial charge < -0.3 is 24.5 Å². The number of carbonyl (C=O) groups is 1. The van der Waals surface area contributed by atoms with Gasteiger partial charge in [0.15, 0.2) is 30.2 Å². The number of benzene rings is 1. The van der Waals surface area contributed by atoms with Gasteiger partial charge in [0.25, 0.3) is 20.3 Å². The minimum Gasteiger partial charge on any atom is -0.394 e. The maximum Gasteiger partial charge on any atom is 0.295 e. The van der Waals surface area contributed by atoms with Crippen molar-refractivity contribution in [3.05, 3.63) is 76.4 Å². The molecule has 4 atom stereocenters. The lowest BCUT2D eigenvalue weighted by molar-refractivity contribution is -0.825. The lowest BCUT2D eigenvalue weighted by atomic mass is 9.96. The SMILES string of the molecule is O=C(Cc1ccccc1)[C@H](O[N+](=O)[O-])[C@@H](O[N+](=O)[O-])[C@H](O[N+](=O)[O-])[C@H](CO)O[N+](=O)[O-]. The molecule has 0 unspecified atom stereocenters. The van der Waals surface area contributed by atoms with Gasteiger partial charge in [0.05, 0.1) is 6.61 Å². The van der Waals surface area contributed by atoms with Crippen LogP contribution in [0.15, 0.2) is 30.3 Å². The molecular formula is C13H14N4O14. The first-order valence-electron chi connectivity index (χ1n) is 7.97. The summed E-state index contributed by atoms with van der Waals surface area (Å²) in [5, 5.41) is 46.2. The van der Waals surface area contributed by atoms with E-state index in [1.54, 1.807) is 6.07 Å². The van der Waals surface area contributed by atoms with E-state index in [0.29, 0.717) is 0 Å². The molecule has 1 aromatic rings. The molecule has 0 radical (unpaired) electrons. The van der Waals surface area contributed by atoms with Crippen molar-refractivity contribution in [1.82, 2.24) is 0 Å². The Kier molecular flexibility index (Phi) is 9.24. The summed E-state index contributed by atoms with van der Waals surface area (Å²) >= 11 is 0. The molecule has 31 heavy (non-hydrogen) atoms. The minimum atomic E-state index is -2.63. The largest absolute Gasteiger partial charge is 0.394 e. The summed E-state index contributed by atoms with van der Waals surface area (Å²) in [6, 6.07) is 7.42. The van der Waals surface area contributed by atoms with E-state index in [1.165, 1.54) is 24.3 Å². The lowest BCUT2D eigenvalue weighted by Gasteiger charge is -2.31. The maximum atomic E-state index is 12.6. The predicted molar refractivity (Wildman–Crippen MR) is 89.7 cm³/mol. The number of rotatable bonds is 15. The number of hydrogen-bond acceptors (Lipinski definition) is 14. The van der Waals surface area contributed by atoms with E-state index in [4.69, 9.17) is 0 Å². The summed E-state index contributed by atoms with van der Waals surface area (Å²) < 4.78 is 0. The Morgan fingerprint density at radius 3 is 1.74 bits per heavy atom. The fourth-order valence-electron chi connectivity index (χ4n) is 2.43. The summed E-state index contributed by atoms with van der Waals surface area (Å²) in [4.78, 5) is 72.1. The molecule has 18 nitrogen and oxygen atoms in total. The average molecular weight is 450 g/mol. The zero-order valence-corrected chi connectivity index (χ0v) is 15.2. The van der Waals surface area contributed by atoms with Crippen LogP contribution in [0, 0.1) is 40.5 Å². The van der Waals surface area contributed by atoms with E-state index in [9.17, 15) is 50.4 Å². The molecule has 1 N–H and O–H groups in total. The lowest BCUT2D eigenvalue weighted by Crippen LogP contribution is -2.55. The van der Waals surface area contributed by atoms with Gasteiger partial charge in [-0.15, -0.1) is 40.5 Å². The molecular weight excluding hydrogens is 436 g/mol. The normalized spacial score (nSPS) is 14.2. The molecule has 0 fully saturated rings. The van der Waals surface area contributed by atoms with E-state index >= 15 is 0 Å². The molecule has 1 aromatic carbocycles. The van der Waals surface area contributed by atoms with Crippen molar-refractivity contribution in [2.24, 2.45) is 0 Å². The van der Waals surface area contributed by atoms with Crippen molar-refractivity contribution < 1.29 is 49.6 Å². The second-order valence-corrected chi connectivity index (χ2v) is 5.52. The van der Waals surface area contributed by atoms with Crippen LogP contribution in [0.1, 0.15) is 5.56 Å². The van der Waals surface area contributed by atoms with Crippen molar-refractivity contribution in [2.45, 2.75) is 30.8 Å². The van der Waals surface area contributed by atoms with Gasteiger partial charge in [-0.1, -0.05) is 30.3 Å². The number of carbonyl (C=O) groups excluding carboxylic acids is 1. The summed E-state index contributed by atoms with van der Waals surface area (Å²) in [6.45, 7) is -1.39. The fourth-order valence-corrected chi connectivity index (χ4v) is 2.43. The minimum absolute atomic E-state index is 0.274. The van der Waals surface area contributed by atoms with Crippen LogP contribution >= 0.6 is 0 Å². The third-order valence-corrected chi connectivity index (χ3v) is 3.54. The highest BCUT2D eigenvalue weighted by Gasteiger charge is 2.46. The van der Waals surface area contributed by atoms with Crippen LogP contribution in [0.25, 0.3) is 0 Å². The summed E-state index contributed by atoms with van der Waals surface area (Å²) in [5.41, 5.74) is 0.274. The maximum absolute atomic E-state index is 12.6. The molecule has 18 heteroatoms. The van der Waals surface area contributed by atoms with E-state index < -0.39 is 63.6 Å². The quantitative estimate of drug-likeness (QED) is 0.251. The first-order chi connectivity index (χ1) is 14.5. The summed E-state index contributed by atoms with van der Waals surface area (Å²) in [6.07, 6.45) is -10.7. The number of nitrogens with zero attached hydrogens (tertiary/aromatic N) is 4. The van der Waals surface area contributed by atoms with Crippen molar-refractivity contribution in [3.63, 3.8) is 0 Å². The Balaban J connectivity index is 3.41. The van der Waals surface area contributed by atoms with Crippen LogP contribution in [-0.2, 0) is 30.6 Å². The van der Waals surface area contributed by atoms with Crippen molar-refractivity contribution in [3.8, 4) is 0 Å². The van der Waals surface area contributed by atoms with Crippen LogP contribution in [0.2, 0.25) is 0 Å². The van der Waals surface area contributed by atoms with Crippen LogP contribution in [0.4, 0.5) is 0 Å². The van der Waals surface area contributed by atoms with Crippen LogP contribution in [0.3, 0.4) is 0 Å². The third kappa shape index (κ3) is 8.27. The Morgan fingerprint density at radius 2 is 1.29 bits per heavy atom. The topological polar surface area (TPSA) is 247 Å². The smallest absolute Gasteiger partial charge is 0.295 e. The molecule has 0 bridgehead atoms. The van der Waals surface area contributed by atoms with E-state index in [2.05, 4.69) is 19.4 Å². The zero-order chi connectivity index (χ0) is 23.6. The van der Waals surface area contributed by atoms with Gasteiger partial charge in [-0.25, -0.2) is 0 Å². The third-order valence-electron chi connectivity index (χ3n) is 3.54. The molecule has 1 rings (SSSR count). The average Bonchev–Trinajstić information content (AvgIpc) is 2.67. The van der Waals surface area contributed by atoms with Crippen LogP contribution < -0.4 is 0 Å². The van der Waals surface area contributed by atoms with Gasteiger partial charge in [-0.05, 0) is 5.56 Å².